The maximum atomic E-state index is 9.55. The van der Waals surface area contributed by atoms with Gasteiger partial charge in [-0.1, -0.05) is 12.2 Å². The van der Waals surface area contributed by atoms with Crippen LogP contribution in [0.3, 0.4) is 0 Å². The maximum absolute atomic E-state index is 9.55. The highest BCUT2D eigenvalue weighted by atomic mass is 16.3. The largest absolute Gasteiger partial charge is 0.374 e. The van der Waals surface area contributed by atoms with Crippen molar-refractivity contribution in [2.24, 2.45) is 5.73 Å². The van der Waals surface area contributed by atoms with Crippen molar-refractivity contribution in [3.05, 3.63) is 23.9 Å². The summed E-state index contributed by atoms with van der Waals surface area (Å²) in [5, 5.41) is 9.55. The van der Waals surface area contributed by atoms with Gasteiger partial charge in [0.05, 0.1) is 0 Å². The van der Waals surface area contributed by atoms with E-state index in [1.54, 1.807) is 6.92 Å². The second-order valence-corrected chi connectivity index (χ2v) is 4.12. The molecule has 0 saturated heterocycles. The molecule has 1 aliphatic rings. The molecule has 0 heterocycles. The van der Waals surface area contributed by atoms with E-state index >= 15 is 0 Å². The van der Waals surface area contributed by atoms with Crippen LogP contribution >= 0.6 is 0 Å². The SMILES string of the molecule is CCN(C1=CC=CC(C)(N)C1)C(C)O. The average Bonchev–Trinajstić information content (AvgIpc) is 2.02. The van der Waals surface area contributed by atoms with Crippen LogP contribution in [0.5, 0.6) is 0 Å². The molecule has 80 valence electrons. The Hall–Kier alpha value is -0.800. The number of nitrogens with two attached hydrogens (primary N) is 1. The van der Waals surface area contributed by atoms with Crippen LogP contribution in [0.25, 0.3) is 0 Å². The van der Waals surface area contributed by atoms with Crippen molar-refractivity contribution in [2.75, 3.05) is 6.54 Å². The summed E-state index contributed by atoms with van der Waals surface area (Å²) in [6.45, 7) is 6.59. The molecule has 0 radical (unpaired) electrons. The lowest BCUT2D eigenvalue weighted by molar-refractivity contribution is 0.0439. The van der Waals surface area contributed by atoms with E-state index in [0.717, 1.165) is 18.7 Å². The van der Waals surface area contributed by atoms with Crippen LogP contribution in [0.1, 0.15) is 27.2 Å². The van der Waals surface area contributed by atoms with Crippen molar-refractivity contribution < 1.29 is 5.11 Å². The highest BCUT2D eigenvalue weighted by molar-refractivity contribution is 5.25. The molecule has 3 heteroatoms. The zero-order valence-electron chi connectivity index (χ0n) is 9.20. The Morgan fingerprint density at radius 3 is 2.79 bits per heavy atom. The second-order valence-electron chi connectivity index (χ2n) is 4.12. The number of rotatable bonds is 3. The molecule has 0 amide bonds. The van der Waals surface area contributed by atoms with Gasteiger partial charge in [-0.2, -0.15) is 0 Å². The average molecular weight is 196 g/mol. The first-order valence-electron chi connectivity index (χ1n) is 5.08. The first kappa shape index (κ1) is 11.3. The lowest BCUT2D eigenvalue weighted by atomic mass is 9.92. The molecule has 0 aliphatic heterocycles. The highest BCUT2D eigenvalue weighted by Gasteiger charge is 2.23. The zero-order chi connectivity index (χ0) is 10.8. The van der Waals surface area contributed by atoms with Gasteiger partial charge in [0.15, 0.2) is 0 Å². The van der Waals surface area contributed by atoms with Gasteiger partial charge in [0, 0.05) is 24.2 Å². The van der Waals surface area contributed by atoms with Gasteiger partial charge in [-0.05, 0) is 26.8 Å². The fourth-order valence-electron chi connectivity index (χ4n) is 1.79. The van der Waals surface area contributed by atoms with E-state index in [9.17, 15) is 5.11 Å². The van der Waals surface area contributed by atoms with Gasteiger partial charge in [0.1, 0.15) is 6.23 Å². The number of allylic oxidation sites excluding steroid dienone is 2. The van der Waals surface area contributed by atoms with Crippen molar-refractivity contribution in [1.29, 1.82) is 0 Å². The third-order valence-corrected chi connectivity index (χ3v) is 2.49. The van der Waals surface area contributed by atoms with E-state index < -0.39 is 6.23 Å². The van der Waals surface area contributed by atoms with Crippen LogP contribution in [0.2, 0.25) is 0 Å². The van der Waals surface area contributed by atoms with Gasteiger partial charge in [-0.15, -0.1) is 0 Å². The van der Waals surface area contributed by atoms with Crippen LogP contribution in [-0.4, -0.2) is 28.3 Å². The fraction of sp³-hybridized carbons (Fsp3) is 0.636. The number of aliphatic hydroxyl groups excluding tert-OH is 1. The van der Waals surface area contributed by atoms with E-state index in [1.165, 1.54) is 0 Å². The summed E-state index contributed by atoms with van der Waals surface area (Å²) in [5.74, 6) is 0. The Morgan fingerprint density at radius 1 is 1.71 bits per heavy atom. The Morgan fingerprint density at radius 2 is 2.36 bits per heavy atom. The first-order chi connectivity index (χ1) is 6.46. The topological polar surface area (TPSA) is 49.5 Å². The zero-order valence-corrected chi connectivity index (χ0v) is 9.20. The molecule has 0 bridgehead atoms. The molecule has 2 unspecified atom stereocenters. The minimum absolute atomic E-state index is 0.285. The molecule has 2 atom stereocenters. The van der Waals surface area contributed by atoms with Gasteiger partial charge in [0.2, 0.25) is 0 Å². The summed E-state index contributed by atoms with van der Waals surface area (Å²) in [6, 6.07) is 0. The molecular formula is C11H20N2O. The summed E-state index contributed by atoms with van der Waals surface area (Å²) in [7, 11) is 0. The van der Waals surface area contributed by atoms with Crippen LogP contribution in [-0.2, 0) is 0 Å². The summed E-state index contributed by atoms with van der Waals surface area (Å²) in [4.78, 5) is 1.95. The summed E-state index contributed by atoms with van der Waals surface area (Å²) < 4.78 is 0. The number of hydrogen-bond donors (Lipinski definition) is 2. The van der Waals surface area contributed by atoms with E-state index in [1.807, 2.05) is 37.0 Å². The van der Waals surface area contributed by atoms with Crippen LogP contribution in [0.15, 0.2) is 23.9 Å². The number of nitrogens with zero attached hydrogens (tertiary/aromatic N) is 1. The molecule has 0 spiro atoms. The molecule has 0 aromatic heterocycles. The van der Waals surface area contributed by atoms with Crippen molar-refractivity contribution in [2.45, 2.75) is 39.0 Å². The molecule has 0 fully saturated rings. The molecule has 0 aromatic carbocycles. The smallest absolute Gasteiger partial charge is 0.123 e. The Bertz CT molecular complexity index is 254. The van der Waals surface area contributed by atoms with Crippen molar-refractivity contribution in [3.63, 3.8) is 0 Å². The standard InChI is InChI=1S/C11H20N2O/c1-4-13(9(2)14)10-6-5-7-11(3,12)8-10/h5-7,9,14H,4,8,12H2,1-3H3. The lowest BCUT2D eigenvalue weighted by Gasteiger charge is -2.34. The quantitative estimate of drug-likeness (QED) is 0.667. The molecule has 1 aliphatic carbocycles. The normalized spacial score (nSPS) is 28.5. The van der Waals surface area contributed by atoms with E-state index in [-0.39, 0.29) is 5.54 Å². The van der Waals surface area contributed by atoms with Gasteiger partial charge in [0.25, 0.3) is 0 Å². The van der Waals surface area contributed by atoms with Crippen molar-refractivity contribution >= 4 is 0 Å². The predicted octanol–water partition coefficient (Wildman–Crippen LogP) is 1.21. The number of hydrogen-bond acceptors (Lipinski definition) is 3. The van der Waals surface area contributed by atoms with Crippen LogP contribution in [0, 0.1) is 0 Å². The molecule has 1 rings (SSSR count). The van der Waals surface area contributed by atoms with Gasteiger partial charge in [-0.3, -0.25) is 0 Å². The van der Waals surface area contributed by atoms with E-state index in [4.69, 9.17) is 5.73 Å². The summed E-state index contributed by atoms with van der Waals surface area (Å²) in [5.41, 5.74) is 6.85. The molecule has 14 heavy (non-hydrogen) atoms. The van der Waals surface area contributed by atoms with E-state index in [2.05, 4.69) is 0 Å². The molecule has 3 N–H and O–H groups in total. The molecule has 0 aromatic rings. The lowest BCUT2D eigenvalue weighted by Crippen LogP contribution is -2.41. The van der Waals surface area contributed by atoms with Gasteiger partial charge >= 0.3 is 0 Å². The van der Waals surface area contributed by atoms with Crippen molar-refractivity contribution in [3.8, 4) is 0 Å². The molecule has 0 saturated carbocycles. The van der Waals surface area contributed by atoms with Crippen LogP contribution in [0.4, 0.5) is 0 Å². The Kier molecular flexibility index (Phi) is 3.34. The van der Waals surface area contributed by atoms with Gasteiger partial charge < -0.3 is 15.7 Å². The maximum Gasteiger partial charge on any atom is 0.123 e. The second kappa shape index (κ2) is 4.15. The van der Waals surface area contributed by atoms with Gasteiger partial charge in [-0.25, -0.2) is 0 Å². The Labute approximate surface area is 85.9 Å². The summed E-state index contributed by atoms with van der Waals surface area (Å²) >= 11 is 0. The minimum atomic E-state index is -0.450. The third-order valence-electron chi connectivity index (χ3n) is 2.49. The van der Waals surface area contributed by atoms with Crippen molar-refractivity contribution in [1.82, 2.24) is 4.90 Å². The highest BCUT2D eigenvalue weighted by Crippen LogP contribution is 2.23. The van der Waals surface area contributed by atoms with Crippen LogP contribution < -0.4 is 5.73 Å². The first-order valence-corrected chi connectivity index (χ1v) is 5.08. The third kappa shape index (κ3) is 2.59. The summed E-state index contributed by atoms with van der Waals surface area (Å²) in [6.07, 6.45) is 6.30. The minimum Gasteiger partial charge on any atom is -0.374 e. The Balaban J connectivity index is 2.78. The predicted molar refractivity (Wildman–Crippen MR) is 58.5 cm³/mol. The monoisotopic (exact) mass is 196 g/mol. The van der Waals surface area contributed by atoms with E-state index in [0.29, 0.717) is 0 Å². The molecule has 3 nitrogen and oxygen atoms in total. The molecular weight excluding hydrogens is 176 g/mol. The number of aliphatic hydroxyl groups is 1. The fourth-order valence-corrected chi connectivity index (χ4v) is 1.79.